The van der Waals surface area contributed by atoms with Gasteiger partial charge in [-0.3, -0.25) is 9.59 Å². The number of benzene rings is 1. The van der Waals surface area contributed by atoms with Gasteiger partial charge >= 0.3 is 5.97 Å². The van der Waals surface area contributed by atoms with E-state index < -0.39 is 18.0 Å². The van der Waals surface area contributed by atoms with Crippen LogP contribution in [0.5, 0.6) is 0 Å². The molecular formula is C15H15BrO4. The second-order valence-corrected chi connectivity index (χ2v) is 5.38. The molecule has 2 rings (SSSR count). The van der Waals surface area contributed by atoms with Crippen molar-refractivity contribution in [2.45, 2.75) is 12.5 Å². The number of ketones is 1. The van der Waals surface area contributed by atoms with Crippen LogP contribution in [-0.4, -0.2) is 31.6 Å². The van der Waals surface area contributed by atoms with Crippen LogP contribution in [0.15, 0.2) is 34.8 Å². The summed E-state index contributed by atoms with van der Waals surface area (Å²) in [6.45, 7) is 0.335. The first-order valence-electron chi connectivity index (χ1n) is 6.27. The van der Waals surface area contributed by atoms with Crippen molar-refractivity contribution < 1.29 is 19.1 Å². The molecule has 0 spiro atoms. The summed E-state index contributed by atoms with van der Waals surface area (Å²) in [6.07, 6.45) is 3.27. The first-order valence-corrected chi connectivity index (χ1v) is 7.07. The quantitative estimate of drug-likeness (QED) is 0.628. The standard InChI is InChI=1S/C15H15BrO4/c1-19-15(18)14-12(17)8-9-20-13(14)7-4-10-2-5-11(16)6-3-10/h2-7,13-14H,8-9H2,1H3/b7-4+/t13-,14+/m1/s1. The zero-order chi connectivity index (χ0) is 14.5. The average Bonchev–Trinajstić information content (AvgIpc) is 2.46. The Morgan fingerprint density at radius 3 is 2.75 bits per heavy atom. The van der Waals surface area contributed by atoms with E-state index in [1.165, 1.54) is 7.11 Å². The third-order valence-electron chi connectivity index (χ3n) is 3.14. The van der Waals surface area contributed by atoms with Gasteiger partial charge in [-0.1, -0.05) is 40.2 Å². The van der Waals surface area contributed by atoms with E-state index >= 15 is 0 Å². The lowest BCUT2D eigenvalue weighted by Crippen LogP contribution is -2.41. The Bertz CT molecular complexity index is 513. The van der Waals surface area contributed by atoms with Gasteiger partial charge in [-0.15, -0.1) is 0 Å². The molecule has 1 aromatic carbocycles. The predicted octanol–water partition coefficient (Wildman–Crippen LogP) is 2.61. The van der Waals surface area contributed by atoms with Gasteiger partial charge in [0.05, 0.1) is 19.8 Å². The lowest BCUT2D eigenvalue weighted by Gasteiger charge is -2.26. The van der Waals surface area contributed by atoms with Crippen LogP contribution < -0.4 is 0 Å². The maximum atomic E-state index is 11.8. The van der Waals surface area contributed by atoms with Crippen LogP contribution in [0.1, 0.15) is 12.0 Å². The van der Waals surface area contributed by atoms with Crippen molar-refractivity contribution in [3.8, 4) is 0 Å². The van der Waals surface area contributed by atoms with Crippen LogP contribution in [-0.2, 0) is 19.1 Å². The van der Waals surface area contributed by atoms with Gasteiger partial charge < -0.3 is 9.47 Å². The maximum absolute atomic E-state index is 11.8. The monoisotopic (exact) mass is 338 g/mol. The molecule has 0 N–H and O–H groups in total. The summed E-state index contributed by atoms with van der Waals surface area (Å²) < 4.78 is 11.2. The van der Waals surface area contributed by atoms with E-state index in [4.69, 9.17) is 4.74 Å². The number of ether oxygens (including phenoxy) is 2. The fourth-order valence-corrected chi connectivity index (χ4v) is 2.33. The Hall–Kier alpha value is -1.46. The van der Waals surface area contributed by atoms with E-state index in [0.29, 0.717) is 6.61 Å². The summed E-state index contributed by atoms with van der Waals surface area (Å²) in [5.41, 5.74) is 0.971. The lowest BCUT2D eigenvalue weighted by atomic mass is 9.92. The van der Waals surface area contributed by atoms with E-state index in [9.17, 15) is 9.59 Å². The smallest absolute Gasteiger partial charge is 0.319 e. The minimum absolute atomic E-state index is 0.131. The largest absolute Gasteiger partial charge is 0.468 e. The topological polar surface area (TPSA) is 52.6 Å². The summed E-state index contributed by atoms with van der Waals surface area (Å²) >= 11 is 3.36. The molecule has 20 heavy (non-hydrogen) atoms. The molecule has 0 aromatic heterocycles. The van der Waals surface area contributed by atoms with Crippen molar-refractivity contribution >= 4 is 33.8 Å². The number of carbonyl (C=O) groups excluding carboxylic acids is 2. The van der Waals surface area contributed by atoms with Gasteiger partial charge in [0.25, 0.3) is 0 Å². The molecular weight excluding hydrogens is 324 g/mol. The fraction of sp³-hybridized carbons (Fsp3) is 0.333. The van der Waals surface area contributed by atoms with Gasteiger partial charge in [0.15, 0.2) is 5.78 Å². The number of hydrogen-bond donors (Lipinski definition) is 0. The highest BCUT2D eigenvalue weighted by atomic mass is 79.9. The van der Waals surface area contributed by atoms with Crippen LogP contribution in [0.4, 0.5) is 0 Å². The predicted molar refractivity (Wildman–Crippen MR) is 78.0 cm³/mol. The van der Waals surface area contributed by atoms with Crippen LogP contribution in [0.3, 0.4) is 0 Å². The average molecular weight is 339 g/mol. The molecule has 2 atom stereocenters. The van der Waals surface area contributed by atoms with Crippen LogP contribution in [0.2, 0.25) is 0 Å². The van der Waals surface area contributed by atoms with Gasteiger partial charge in [0, 0.05) is 10.9 Å². The molecule has 0 amide bonds. The van der Waals surface area contributed by atoms with Crippen molar-refractivity contribution in [2.24, 2.45) is 5.92 Å². The second kappa shape index (κ2) is 6.81. The van der Waals surface area contributed by atoms with Gasteiger partial charge in [-0.25, -0.2) is 0 Å². The maximum Gasteiger partial charge on any atom is 0.319 e. The summed E-state index contributed by atoms with van der Waals surface area (Å²) in [7, 11) is 1.28. The first-order chi connectivity index (χ1) is 9.61. The molecule has 0 aliphatic carbocycles. The molecule has 4 nitrogen and oxygen atoms in total. The van der Waals surface area contributed by atoms with E-state index in [2.05, 4.69) is 20.7 Å². The third kappa shape index (κ3) is 3.55. The SMILES string of the molecule is COC(=O)[C@H]1C(=O)CCO[C@@H]1/C=C/c1ccc(Br)cc1. The van der Waals surface area contributed by atoms with Crippen molar-refractivity contribution in [3.05, 3.63) is 40.4 Å². The molecule has 0 unspecified atom stereocenters. The number of hydrogen-bond acceptors (Lipinski definition) is 4. The molecule has 5 heteroatoms. The highest BCUT2D eigenvalue weighted by Crippen LogP contribution is 2.21. The van der Waals surface area contributed by atoms with E-state index in [1.54, 1.807) is 6.08 Å². The number of methoxy groups -OCH3 is 1. The van der Waals surface area contributed by atoms with E-state index in [1.807, 2.05) is 30.3 Å². The number of rotatable bonds is 3. The summed E-state index contributed by atoms with van der Waals surface area (Å²) in [5, 5.41) is 0. The van der Waals surface area contributed by atoms with Crippen molar-refractivity contribution in [2.75, 3.05) is 13.7 Å². The van der Waals surface area contributed by atoms with Crippen molar-refractivity contribution in [3.63, 3.8) is 0 Å². The van der Waals surface area contributed by atoms with Gasteiger partial charge in [0.1, 0.15) is 5.92 Å². The Morgan fingerprint density at radius 1 is 1.40 bits per heavy atom. The Labute approximate surface area is 125 Å². The molecule has 1 heterocycles. The molecule has 1 aliphatic heterocycles. The Morgan fingerprint density at radius 2 is 2.10 bits per heavy atom. The van der Waals surface area contributed by atoms with E-state index in [-0.39, 0.29) is 12.2 Å². The Balaban J connectivity index is 2.14. The number of carbonyl (C=O) groups is 2. The molecule has 0 radical (unpaired) electrons. The fourth-order valence-electron chi connectivity index (χ4n) is 2.07. The van der Waals surface area contributed by atoms with Gasteiger partial charge in [0.2, 0.25) is 0 Å². The molecule has 1 saturated heterocycles. The molecule has 0 saturated carbocycles. The summed E-state index contributed by atoms with van der Waals surface area (Å²) in [5.74, 6) is -1.53. The molecule has 1 aliphatic rings. The molecule has 1 aromatic rings. The van der Waals surface area contributed by atoms with Crippen molar-refractivity contribution in [1.29, 1.82) is 0 Å². The first kappa shape index (κ1) is 14.9. The minimum atomic E-state index is -0.861. The van der Waals surface area contributed by atoms with Crippen LogP contribution in [0.25, 0.3) is 6.08 Å². The minimum Gasteiger partial charge on any atom is -0.468 e. The lowest BCUT2D eigenvalue weighted by molar-refractivity contribution is -0.158. The number of Topliss-reactive ketones (excluding diaryl/α,β-unsaturated/α-hetero) is 1. The summed E-state index contributed by atoms with van der Waals surface area (Å²) in [4.78, 5) is 23.5. The zero-order valence-electron chi connectivity index (χ0n) is 11.0. The normalized spacial score (nSPS) is 23.0. The third-order valence-corrected chi connectivity index (χ3v) is 3.67. The number of halogens is 1. The molecule has 0 bridgehead atoms. The zero-order valence-corrected chi connectivity index (χ0v) is 12.6. The second-order valence-electron chi connectivity index (χ2n) is 4.46. The highest BCUT2D eigenvalue weighted by molar-refractivity contribution is 9.10. The van der Waals surface area contributed by atoms with Gasteiger partial charge in [-0.05, 0) is 17.7 Å². The van der Waals surface area contributed by atoms with E-state index in [0.717, 1.165) is 10.0 Å². The van der Waals surface area contributed by atoms with Gasteiger partial charge in [-0.2, -0.15) is 0 Å². The molecule has 1 fully saturated rings. The molecule has 106 valence electrons. The van der Waals surface area contributed by atoms with Crippen molar-refractivity contribution in [1.82, 2.24) is 0 Å². The van der Waals surface area contributed by atoms with Crippen LogP contribution >= 0.6 is 15.9 Å². The van der Waals surface area contributed by atoms with Crippen LogP contribution in [0, 0.1) is 5.92 Å². The highest BCUT2D eigenvalue weighted by Gasteiger charge is 2.37. The Kier molecular flexibility index (Phi) is 5.09. The summed E-state index contributed by atoms with van der Waals surface area (Å²) in [6, 6.07) is 7.70. The number of esters is 1.